The minimum Gasteiger partial charge on any atom is -0.396 e. The summed E-state index contributed by atoms with van der Waals surface area (Å²) in [7, 11) is 0. The van der Waals surface area contributed by atoms with Crippen molar-refractivity contribution in [1.82, 2.24) is 4.90 Å². The van der Waals surface area contributed by atoms with Crippen LogP contribution in [0.3, 0.4) is 0 Å². The molecule has 0 saturated carbocycles. The molecule has 1 unspecified atom stereocenters. The standard InChI is InChI=1S/C9H13F4NO2/c10-7(11)9(12,13)8(16)14-3-1-6(5-14)2-4-15/h6-7,15H,1-5H2. The third-order valence-corrected chi connectivity index (χ3v) is 2.67. The molecule has 3 nitrogen and oxygen atoms in total. The number of hydrogen-bond acceptors (Lipinski definition) is 2. The van der Waals surface area contributed by atoms with Crippen LogP contribution in [0.2, 0.25) is 0 Å². The third-order valence-electron chi connectivity index (χ3n) is 2.67. The molecule has 1 atom stereocenters. The number of alkyl halides is 4. The van der Waals surface area contributed by atoms with Crippen LogP contribution in [-0.2, 0) is 4.79 Å². The highest BCUT2D eigenvalue weighted by atomic mass is 19.3. The van der Waals surface area contributed by atoms with Crippen molar-refractivity contribution in [1.29, 1.82) is 0 Å². The highest BCUT2D eigenvalue weighted by molar-refractivity contribution is 5.84. The highest BCUT2D eigenvalue weighted by Crippen LogP contribution is 2.29. The quantitative estimate of drug-likeness (QED) is 0.751. The molecule has 1 aliphatic heterocycles. The number of rotatable bonds is 4. The Kier molecular flexibility index (Phi) is 4.12. The van der Waals surface area contributed by atoms with Crippen molar-refractivity contribution in [3.63, 3.8) is 0 Å². The summed E-state index contributed by atoms with van der Waals surface area (Å²) in [6, 6.07) is 0. The lowest BCUT2D eigenvalue weighted by Crippen LogP contribution is -2.46. The number of hydrogen-bond donors (Lipinski definition) is 1. The molecule has 0 aromatic rings. The van der Waals surface area contributed by atoms with Crippen molar-refractivity contribution in [3.8, 4) is 0 Å². The van der Waals surface area contributed by atoms with Gasteiger partial charge in [-0.25, -0.2) is 8.78 Å². The van der Waals surface area contributed by atoms with Gasteiger partial charge in [0.25, 0.3) is 5.91 Å². The van der Waals surface area contributed by atoms with E-state index in [-0.39, 0.29) is 25.6 Å². The van der Waals surface area contributed by atoms with Gasteiger partial charge in [0.15, 0.2) is 0 Å². The van der Waals surface area contributed by atoms with Crippen molar-refractivity contribution in [3.05, 3.63) is 0 Å². The van der Waals surface area contributed by atoms with Crippen LogP contribution < -0.4 is 0 Å². The topological polar surface area (TPSA) is 40.5 Å². The summed E-state index contributed by atoms with van der Waals surface area (Å²) in [5.74, 6) is -6.50. The maximum atomic E-state index is 12.7. The van der Waals surface area contributed by atoms with Crippen LogP contribution in [0.15, 0.2) is 0 Å². The monoisotopic (exact) mass is 243 g/mol. The molecule has 1 saturated heterocycles. The SMILES string of the molecule is O=C(N1CCC(CCO)C1)C(F)(F)C(F)F. The molecule has 0 aromatic carbocycles. The zero-order valence-corrected chi connectivity index (χ0v) is 8.50. The number of halogens is 4. The van der Waals surface area contributed by atoms with Crippen LogP contribution in [0.1, 0.15) is 12.8 Å². The smallest absolute Gasteiger partial charge is 0.383 e. The average Bonchev–Trinajstić information content (AvgIpc) is 2.65. The van der Waals surface area contributed by atoms with Crippen molar-refractivity contribution < 1.29 is 27.5 Å². The van der Waals surface area contributed by atoms with Gasteiger partial charge < -0.3 is 10.0 Å². The van der Waals surface area contributed by atoms with E-state index in [2.05, 4.69) is 0 Å². The van der Waals surface area contributed by atoms with Crippen LogP contribution >= 0.6 is 0 Å². The Morgan fingerprint density at radius 3 is 2.62 bits per heavy atom. The molecular formula is C9H13F4NO2. The number of carbonyl (C=O) groups excluding carboxylic acids is 1. The number of amides is 1. The Labute approximate surface area is 90.0 Å². The van der Waals surface area contributed by atoms with Gasteiger partial charge in [0.2, 0.25) is 0 Å². The van der Waals surface area contributed by atoms with E-state index in [9.17, 15) is 22.4 Å². The van der Waals surface area contributed by atoms with E-state index in [0.717, 1.165) is 4.90 Å². The predicted molar refractivity (Wildman–Crippen MR) is 47.3 cm³/mol. The molecule has 94 valence electrons. The molecule has 0 bridgehead atoms. The highest BCUT2D eigenvalue weighted by Gasteiger charge is 2.52. The zero-order valence-electron chi connectivity index (χ0n) is 8.50. The first-order valence-corrected chi connectivity index (χ1v) is 4.95. The molecule has 16 heavy (non-hydrogen) atoms. The van der Waals surface area contributed by atoms with E-state index in [1.165, 1.54) is 0 Å². The van der Waals surface area contributed by atoms with Gasteiger partial charge in [-0.3, -0.25) is 4.79 Å². The van der Waals surface area contributed by atoms with E-state index in [1.54, 1.807) is 0 Å². The number of nitrogens with zero attached hydrogens (tertiary/aromatic N) is 1. The van der Waals surface area contributed by atoms with Gasteiger partial charge in [-0.15, -0.1) is 0 Å². The van der Waals surface area contributed by atoms with Crippen LogP contribution in [0, 0.1) is 5.92 Å². The fourth-order valence-electron chi connectivity index (χ4n) is 1.74. The van der Waals surface area contributed by atoms with Crippen LogP contribution in [0.5, 0.6) is 0 Å². The summed E-state index contributed by atoms with van der Waals surface area (Å²) in [6.07, 6.45) is -3.12. The fourth-order valence-corrected chi connectivity index (χ4v) is 1.74. The fraction of sp³-hybridized carbons (Fsp3) is 0.889. The molecule has 0 radical (unpaired) electrons. The number of aliphatic hydroxyl groups is 1. The Balaban J connectivity index is 2.57. The molecule has 1 heterocycles. The summed E-state index contributed by atoms with van der Waals surface area (Å²) in [5.41, 5.74) is 0. The summed E-state index contributed by atoms with van der Waals surface area (Å²) >= 11 is 0. The molecule has 1 fully saturated rings. The van der Waals surface area contributed by atoms with Gasteiger partial charge >= 0.3 is 12.3 Å². The summed E-state index contributed by atoms with van der Waals surface area (Å²) < 4.78 is 49.3. The van der Waals surface area contributed by atoms with Crippen LogP contribution in [0.4, 0.5) is 17.6 Å². The minimum absolute atomic E-state index is 0.0156. The van der Waals surface area contributed by atoms with E-state index in [0.29, 0.717) is 12.8 Å². The minimum atomic E-state index is -4.60. The second-order valence-corrected chi connectivity index (χ2v) is 3.84. The summed E-state index contributed by atoms with van der Waals surface area (Å²) in [4.78, 5) is 11.8. The Bertz CT molecular complexity index is 260. The predicted octanol–water partition coefficient (Wildman–Crippen LogP) is 1.12. The van der Waals surface area contributed by atoms with Gasteiger partial charge in [-0.2, -0.15) is 8.78 Å². The van der Waals surface area contributed by atoms with Crippen molar-refractivity contribution in [2.24, 2.45) is 5.92 Å². The van der Waals surface area contributed by atoms with Crippen molar-refractivity contribution >= 4 is 5.91 Å². The average molecular weight is 243 g/mol. The number of likely N-dealkylation sites (tertiary alicyclic amines) is 1. The largest absolute Gasteiger partial charge is 0.396 e. The third kappa shape index (κ3) is 2.63. The first-order valence-electron chi connectivity index (χ1n) is 4.95. The molecule has 0 aromatic heterocycles. The Hall–Kier alpha value is -0.850. The first-order chi connectivity index (χ1) is 7.39. The lowest BCUT2D eigenvalue weighted by atomic mass is 10.1. The van der Waals surface area contributed by atoms with Crippen molar-refractivity contribution in [2.75, 3.05) is 19.7 Å². The van der Waals surface area contributed by atoms with Gasteiger partial charge in [0, 0.05) is 19.7 Å². The van der Waals surface area contributed by atoms with Crippen LogP contribution in [-0.4, -0.2) is 48.0 Å². The zero-order chi connectivity index (χ0) is 12.3. The van der Waals surface area contributed by atoms with Crippen molar-refractivity contribution in [2.45, 2.75) is 25.2 Å². The van der Waals surface area contributed by atoms with Crippen LogP contribution in [0.25, 0.3) is 0 Å². The van der Waals surface area contributed by atoms with Gasteiger partial charge in [-0.05, 0) is 18.8 Å². The summed E-state index contributed by atoms with van der Waals surface area (Å²) in [6.45, 7) is -0.0363. The van der Waals surface area contributed by atoms with Gasteiger partial charge in [0.05, 0.1) is 0 Å². The molecule has 1 aliphatic rings. The lowest BCUT2D eigenvalue weighted by Gasteiger charge is -2.22. The van der Waals surface area contributed by atoms with E-state index >= 15 is 0 Å². The second kappa shape index (κ2) is 4.99. The second-order valence-electron chi connectivity index (χ2n) is 3.84. The Morgan fingerprint density at radius 1 is 1.50 bits per heavy atom. The van der Waals surface area contributed by atoms with Gasteiger partial charge in [-0.1, -0.05) is 0 Å². The Morgan fingerprint density at radius 2 is 2.12 bits per heavy atom. The van der Waals surface area contributed by atoms with E-state index in [4.69, 9.17) is 5.11 Å². The molecule has 1 amide bonds. The lowest BCUT2D eigenvalue weighted by molar-refractivity contribution is -0.179. The summed E-state index contributed by atoms with van der Waals surface area (Å²) in [5, 5.41) is 8.63. The molecule has 0 aliphatic carbocycles. The molecular weight excluding hydrogens is 230 g/mol. The molecule has 7 heteroatoms. The maximum Gasteiger partial charge on any atom is 0.383 e. The first kappa shape index (κ1) is 13.2. The number of carbonyl (C=O) groups is 1. The molecule has 1 rings (SSSR count). The van der Waals surface area contributed by atoms with E-state index < -0.39 is 18.3 Å². The number of aliphatic hydroxyl groups excluding tert-OH is 1. The van der Waals surface area contributed by atoms with Gasteiger partial charge in [0.1, 0.15) is 0 Å². The molecule has 0 spiro atoms. The molecule has 1 N–H and O–H groups in total. The normalized spacial score (nSPS) is 21.9. The maximum absolute atomic E-state index is 12.7. The van der Waals surface area contributed by atoms with E-state index in [1.807, 2.05) is 0 Å².